The highest BCUT2D eigenvalue weighted by molar-refractivity contribution is 5.85. The van der Waals surface area contributed by atoms with Gasteiger partial charge in [0.15, 0.2) is 24.1 Å². The molecule has 0 spiro atoms. The van der Waals surface area contributed by atoms with Crippen molar-refractivity contribution in [3.8, 4) is 0 Å². The summed E-state index contributed by atoms with van der Waals surface area (Å²) in [6.45, 7) is 8.56. The highest BCUT2D eigenvalue weighted by atomic mass is 16.8. The number of ether oxygens (including phenoxy) is 5. The summed E-state index contributed by atoms with van der Waals surface area (Å²) in [6.07, 6.45) is 35.2. The van der Waals surface area contributed by atoms with Crippen molar-refractivity contribution >= 4 is 29.7 Å². The molecule has 1 aliphatic carbocycles. The summed E-state index contributed by atoms with van der Waals surface area (Å²) in [7, 11) is 0. The standard InChI is InChI=1S/C59H107NO11/c1-5-9-13-17-21-25-29-33-37-44-52(62)66-48-51-56(68-53(63)45-38-34-30-26-22-18-14-10-6-2)57(69-54(64)46-39-35-31-27-23-19-15-11-7-3)58(59(67-51)71-60-49-42-41-43-50(49)61)70-55(65)47-40-36-32-28-24-20-16-12-8-4/h49,51,56-60H,5-48H2,1-4H3/t49?,51-,56+,57+,58-,59-/m1/s1. The summed E-state index contributed by atoms with van der Waals surface area (Å²) in [5, 5.41) is 0. The zero-order valence-electron chi connectivity index (χ0n) is 46.1. The molecule has 1 heterocycles. The Morgan fingerprint density at radius 3 is 1.11 bits per heavy atom. The minimum absolute atomic E-state index is 0.00562. The van der Waals surface area contributed by atoms with Crippen molar-refractivity contribution in [3.05, 3.63) is 0 Å². The van der Waals surface area contributed by atoms with E-state index in [2.05, 4.69) is 33.2 Å². The van der Waals surface area contributed by atoms with Gasteiger partial charge in [0.1, 0.15) is 12.7 Å². The Morgan fingerprint density at radius 1 is 0.437 bits per heavy atom. The van der Waals surface area contributed by atoms with Gasteiger partial charge in [0, 0.05) is 32.1 Å². The third-order valence-corrected chi connectivity index (χ3v) is 14.4. The lowest BCUT2D eigenvalue weighted by Gasteiger charge is -2.44. The van der Waals surface area contributed by atoms with Gasteiger partial charge in [-0.05, 0) is 38.5 Å². The summed E-state index contributed by atoms with van der Waals surface area (Å²) in [5.41, 5.74) is 2.87. The molecule has 2 rings (SSSR count). The van der Waals surface area contributed by atoms with E-state index in [9.17, 15) is 24.0 Å². The van der Waals surface area contributed by atoms with E-state index in [0.29, 0.717) is 44.9 Å². The summed E-state index contributed by atoms with van der Waals surface area (Å²) in [4.78, 5) is 73.7. The molecule has 0 aromatic rings. The van der Waals surface area contributed by atoms with E-state index < -0.39 is 60.6 Å². The molecule has 1 unspecified atom stereocenters. The van der Waals surface area contributed by atoms with Crippen LogP contribution >= 0.6 is 0 Å². The molecule has 1 aliphatic heterocycles. The molecule has 2 fully saturated rings. The largest absolute Gasteiger partial charge is 0.463 e. The first-order chi connectivity index (χ1) is 34.7. The van der Waals surface area contributed by atoms with Gasteiger partial charge in [-0.25, -0.2) is 0 Å². The van der Waals surface area contributed by atoms with Gasteiger partial charge in [-0.2, -0.15) is 5.48 Å². The van der Waals surface area contributed by atoms with E-state index in [-0.39, 0.29) is 38.1 Å². The van der Waals surface area contributed by atoms with E-state index in [0.717, 1.165) is 77.0 Å². The zero-order valence-corrected chi connectivity index (χ0v) is 46.1. The molecule has 0 radical (unpaired) electrons. The summed E-state index contributed by atoms with van der Waals surface area (Å²) in [5.74, 6) is -1.94. The molecule has 0 aromatic carbocycles. The number of rotatable bonds is 48. The minimum Gasteiger partial charge on any atom is -0.463 e. The number of carbonyl (C=O) groups excluding carboxylic acids is 5. The number of unbranched alkanes of at least 4 members (excludes halogenated alkanes) is 32. The molecule has 6 atom stereocenters. The van der Waals surface area contributed by atoms with Gasteiger partial charge in [0.05, 0.1) is 6.04 Å². The Balaban J connectivity index is 2.31. The molecule has 0 aromatic heterocycles. The number of hydroxylamine groups is 1. The van der Waals surface area contributed by atoms with Crippen LogP contribution in [0.4, 0.5) is 0 Å². The minimum atomic E-state index is -1.38. The van der Waals surface area contributed by atoms with E-state index in [1.807, 2.05) is 0 Å². The molecule has 12 heteroatoms. The van der Waals surface area contributed by atoms with E-state index in [4.69, 9.17) is 28.5 Å². The maximum atomic E-state index is 13.9. The van der Waals surface area contributed by atoms with Crippen LogP contribution in [0.2, 0.25) is 0 Å². The van der Waals surface area contributed by atoms with Crippen molar-refractivity contribution in [2.75, 3.05) is 6.61 Å². The number of ketones is 1. The highest BCUT2D eigenvalue weighted by Crippen LogP contribution is 2.32. The number of esters is 4. The predicted molar refractivity (Wildman–Crippen MR) is 284 cm³/mol. The molecule has 0 bridgehead atoms. The fraction of sp³-hybridized carbons (Fsp3) is 0.915. The second kappa shape index (κ2) is 44.9. The fourth-order valence-electron chi connectivity index (χ4n) is 9.80. The summed E-state index contributed by atoms with van der Waals surface area (Å²) < 4.78 is 31.1. The number of carbonyl (C=O) groups is 5. The second-order valence-corrected chi connectivity index (χ2v) is 21.0. The van der Waals surface area contributed by atoms with Gasteiger partial charge < -0.3 is 23.7 Å². The molecular formula is C59H107NO11. The van der Waals surface area contributed by atoms with Gasteiger partial charge in [0.25, 0.3) is 0 Å². The number of nitrogens with one attached hydrogen (secondary N) is 1. The van der Waals surface area contributed by atoms with Crippen LogP contribution in [0, 0.1) is 0 Å². The fourth-order valence-corrected chi connectivity index (χ4v) is 9.80. The Hall–Kier alpha value is -2.57. The van der Waals surface area contributed by atoms with Crippen molar-refractivity contribution in [1.29, 1.82) is 0 Å². The van der Waals surface area contributed by atoms with Gasteiger partial charge in [-0.1, -0.05) is 233 Å². The monoisotopic (exact) mass is 1010 g/mol. The van der Waals surface area contributed by atoms with Crippen molar-refractivity contribution in [2.45, 2.75) is 341 Å². The predicted octanol–water partition coefficient (Wildman–Crippen LogP) is 15.3. The molecule has 1 saturated carbocycles. The quantitative estimate of drug-likeness (QED) is 0.0267. The lowest BCUT2D eigenvalue weighted by atomic mass is 9.97. The van der Waals surface area contributed by atoms with Gasteiger partial charge >= 0.3 is 23.9 Å². The maximum absolute atomic E-state index is 13.9. The van der Waals surface area contributed by atoms with Crippen LogP contribution in [0.25, 0.3) is 0 Å². The first-order valence-electron chi connectivity index (χ1n) is 30.1. The van der Waals surface area contributed by atoms with E-state index >= 15 is 0 Å². The Bertz CT molecular complexity index is 1340. The molecule has 1 N–H and O–H groups in total. The van der Waals surface area contributed by atoms with Crippen molar-refractivity contribution in [2.24, 2.45) is 0 Å². The van der Waals surface area contributed by atoms with Gasteiger partial charge in [-0.3, -0.25) is 28.8 Å². The van der Waals surface area contributed by atoms with Crippen LogP contribution in [0.1, 0.15) is 304 Å². The average Bonchev–Trinajstić information content (AvgIpc) is 3.78. The summed E-state index contributed by atoms with van der Waals surface area (Å²) >= 11 is 0. The van der Waals surface area contributed by atoms with Crippen molar-refractivity contribution in [1.82, 2.24) is 5.48 Å². The second-order valence-electron chi connectivity index (χ2n) is 21.0. The SMILES string of the molecule is CCCCCCCCCCCC(=O)OC[C@H]1O[C@H](ONC2CCCC2=O)[C@H](OC(=O)CCCCCCCCCCC)[C@@H](OC(=O)CCCCCCCCCCC)[C@H]1OC(=O)CCCCCCCCCCC. The van der Waals surface area contributed by atoms with Gasteiger partial charge in [-0.15, -0.1) is 0 Å². The lowest BCUT2D eigenvalue weighted by molar-refractivity contribution is -0.323. The smallest absolute Gasteiger partial charge is 0.306 e. The molecular weight excluding hydrogens is 899 g/mol. The van der Waals surface area contributed by atoms with Crippen LogP contribution in [0.15, 0.2) is 0 Å². The highest BCUT2D eigenvalue weighted by Gasteiger charge is 2.54. The Labute approximate surface area is 433 Å². The molecule has 2 aliphatic rings. The van der Waals surface area contributed by atoms with Crippen LogP contribution in [-0.4, -0.2) is 73.0 Å². The van der Waals surface area contributed by atoms with Crippen LogP contribution in [-0.2, 0) is 52.5 Å². The lowest BCUT2D eigenvalue weighted by Crippen LogP contribution is -2.64. The zero-order chi connectivity index (χ0) is 51.4. The normalized spacial score (nSPS) is 20.0. The average molecular weight is 1010 g/mol. The third kappa shape index (κ3) is 33.1. The molecule has 1 saturated heterocycles. The topological polar surface area (TPSA) is 153 Å². The third-order valence-electron chi connectivity index (χ3n) is 14.4. The maximum Gasteiger partial charge on any atom is 0.306 e. The first-order valence-corrected chi connectivity index (χ1v) is 30.1. The van der Waals surface area contributed by atoms with Crippen molar-refractivity contribution < 1.29 is 52.5 Å². The molecule has 71 heavy (non-hydrogen) atoms. The van der Waals surface area contributed by atoms with E-state index in [1.165, 1.54) is 128 Å². The number of hydrogen-bond acceptors (Lipinski definition) is 12. The molecule has 0 amide bonds. The van der Waals surface area contributed by atoms with Crippen LogP contribution in [0.5, 0.6) is 0 Å². The van der Waals surface area contributed by atoms with Crippen LogP contribution in [0.3, 0.4) is 0 Å². The Kier molecular flexibility index (Phi) is 40.8. The van der Waals surface area contributed by atoms with Gasteiger partial charge in [0.2, 0.25) is 6.29 Å². The van der Waals surface area contributed by atoms with Crippen molar-refractivity contribution in [3.63, 3.8) is 0 Å². The molecule has 414 valence electrons. The Morgan fingerprint density at radius 2 is 0.761 bits per heavy atom. The summed E-state index contributed by atoms with van der Waals surface area (Å²) in [6, 6.07) is -0.593. The number of hydrogen-bond donors (Lipinski definition) is 1. The molecule has 12 nitrogen and oxygen atoms in total. The number of Topliss-reactive ketones (excluding diaryl/α,β-unsaturated/α-hetero) is 1. The van der Waals surface area contributed by atoms with E-state index in [1.54, 1.807) is 0 Å². The first kappa shape index (κ1) is 64.5. The van der Waals surface area contributed by atoms with Crippen LogP contribution < -0.4 is 5.48 Å².